The van der Waals surface area contributed by atoms with Gasteiger partial charge in [0.05, 0.1) is 13.2 Å². The van der Waals surface area contributed by atoms with Crippen LogP contribution < -0.4 is 20.3 Å². The Balaban J connectivity index is 1.62. The average Bonchev–Trinajstić information content (AvgIpc) is 3.29. The zero-order valence-corrected chi connectivity index (χ0v) is 17.9. The van der Waals surface area contributed by atoms with Crippen molar-refractivity contribution in [2.24, 2.45) is 0 Å². The van der Waals surface area contributed by atoms with Gasteiger partial charge in [-0.05, 0) is 67.9 Å². The van der Waals surface area contributed by atoms with Crippen molar-refractivity contribution in [2.45, 2.75) is 18.9 Å². The second kappa shape index (κ2) is 10.1. The molecule has 0 aliphatic carbocycles. The molecule has 0 spiro atoms. The van der Waals surface area contributed by atoms with Crippen molar-refractivity contribution in [1.82, 2.24) is 10.2 Å². The van der Waals surface area contributed by atoms with Gasteiger partial charge in [0.1, 0.15) is 5.75 Å². The molecule has 0 aromatic heterocycles. The van der Waals surface area contributed by atoms with Crippen LogP contribution in [0.1, 0.15) is 24.4 Å². The number of rotatable bonds is 7. The third-order valence-corrected chi connectivity index (χ3v) is 5.39. The lowest BCUT2D eigenvalue weighted by molar-refractivity contribution is -0.136. The molecule has 7 heteroatoms. The largest absolute Gasteiger partial charge is 0.497 e. The molecule has 1 heterocycles. The van der Waals surface area contributed by atoms with Crippen LogP contribution in [0.15, 0.2) is 48.5 Å². The number of methoxy groups -OCH3 is 1. The summed E-state index contributed by atoms with van der Waals surface area (Å²) in [4.78, 5) is 29.1. The second-order valence-electron chi connectivity index (χ2n) is 7.64. The first-order valence-electron chi connectivity index (χ1n) is 10.2. The van der Waals surface area contributed by atoms with Gasteiger partial charge in [0, 0.05) is 32.0 Å². The number of benzene rings is 2. The van der Waals surface area contributed by atoms with Gasteiger partial charge in [-0.25, -0.2) is 0 Å². The summed E-state index contributed by atoms with van der Waals surface area (Å²) in [6.45, 7) is 2.37. The molecule has 0 bridgehead atoms. The highest BCUT2D eigenvalue weighted by atomic mass is 16.5. The van der Waals surface area contributed by atoms with Crippen LogP contribution in [0.5, 0.6) is 5.75 Å². The maximum absolute atomic E-state index is 12.4. The van der Waals surface area contributed by atoms with E-state index in [1.54, 1.807) is 31.4 Å². The molecule has 0 radical (unpaired) electrons. The van der Waals surface area contributed by atoms with E-state index >= 15 is 0 Å². The molecule has 1 aliphatic heterocycles. The summed E-state index contributed by atoms with van der Waals surface area (Å²) in [6, 6.07) is 15.3. The Morgan fingerprint density at radius 2 is 1.63 bits per heavy atom. The molecule has 7 nitrogen and oxygen atoms in total. The van der Waals surface area contributed by atoms with E-state index in [4.69, 9.17) is 4.74 Å². The molecule has 0 unspecified atom stereocenters. The van der Waals surface area contributed by atoms with Crippen molar-refractivity contribution in [1.29, 1.82) is 0 Å². The molecule has 0 saturated carbocycles. The van der Waals surface area contributed by atoms with E-state index in [0.29, 0.717) is 18.0 Å². The van der Waals surface area contributed by atoms with Crippen molar-refractivity contribution in [3.8, 4) is 5.75 Å². The van der Waals surface area contributed by atoms with Crippen LogP contribution >= 0.6 is 0 Å². The predicted molar refractivity (Wildman–Crippen MR) is 119 cm³/mol. The average molecular weight is 411 g/mol. The number of amides is 2. The number of nitrogens with one attached hydrogen (secondary N) is 2. The molecule has 30 heavy (non-hydrogen) atoms. The summed E-state index contributed by atoms with van der Waals surface area (Å²) in [6.07, 6.45) is 2.30. The number of carbonyl (C=O) groups excluding carboxylic acids is 2. The quantitative estimate of drug-likeness (QED) is 0.687. The van der Waals surface area contributed by atoms with Crippen LogP contribution in [0.3, 0.4) is 0 Å². The molecular formula is C23H30N4O3. The normalized spacial score (nSPS) is 14.8. The molecule has 2 aromatic rings. The second-order valence-corrected chi connectivity index (χ2v) is 7.64. The Bertz CT molecular complexity index is 844. The van der Waals surface area contributed by atoms with Crippen LogP contribution in [0.4, 0.5) is 11.4 Å². The Morgan fingerprint density at radius 3 is 2.20 bits per heavy atom. The SMILES string of the molecule is COc1ccc(NC(=O)C(=O)NC[C@H](c2ccc(N(C)C)cc2)N2CCCC2)cc1. The van der Waals surface area contributed by atoms with E-state index in [-0.39, 0.29) is 6.04 Å². The first-order chi connectivity index (χ1) is 14.5. The van der Waals surface area contributed by atoms with Crippen molar-refractivity contribution in [3.63, 3.8) is 0 Å². The van der Waals surface area contributed by atoms with Crippen molar-refractivity contribution in [2.75, 3.05) is 51.1 Å². The van der Waals surface area contributed by atoms with Crippen molar-refractivity contribution >= 4 is 23.2 Å². The summed E-state index contributed by atoms with van der Waals surface area (Å²) in [5, 5.41) is 5.43. The fraction of sp³-hybridized carbons (Fsp3) is 0.391. The third kappa shape index (κ3) is 5.51. The Morgan fingerprint density at radius 1 is 1.00 bits per heavy atom. The number of likely N-dealkylation sites (tertiary alicyclic amines) is 1. The molecule has 1 atom stereocenters. The number of hydrogen-bond acceptors (Lipinski definition) is 5. The summed E-state index contributed by atoms with van der Waals surface area (Å²) in [7, 11) is 5.59. The molecule has 160 valence electrons. The Labute approximate surface area is 178 Å². The van der Waals surface area contributed by atoms with Gasteiger partial charge in [-0.15, -0.1) is 0 Å². The number of anilines is 2. The van der Waals surface area contributed by atoms with Crippen molar-refractivity contribution in [3.05, 3.63) is 54.1 Å². The first kappa shape index (κ1) is 21.6. The number of hydrogen-bond donors (Lipinski definition) is 2. The smallest absolute Gasteiger partial charge is 0.313 e. The van der Waals surface area contributed by atoms with E-state index in [1.807, 2.05) is 14.1 Å². The lowest BCUT2D eigenvalue weighted by Gasteiger charge is -2.28. The molecule has 1 fully saturated rings. The van der Waals surface area contributed by atoms with Crippen LogP contribution in [0.25, 0.3) is 0 Å². The molecule has 1 aliphatic rings. The summed E-state index contributed by atoms with van der Waals surface area (Å²) < 4.78 is 5.10. The molecule has 1 saturated heterocycles. The minimum Gasteiger partial charge on any atom is -0.497 e. The molecule has 2 amide bonds. The van der Waals surface area contributed by atoms with E-state index in [2.05, 4.69) is 44.7 Å². The summed E-state index contributed by atoms with van der Waals surface area (Å²) in [5.41, 5.74) is 2.81. The Hall–Kier alpha value is -3.06. The number of nitrogens with zero attached hydrogens (tertiary/aromatic N) is 2. The highest BCUT2D eigenvalue weighted by Gasteiger charge is 2.25. The van der Waals surface area contributed by atoms with Crippen LogP contribution in [-0.2, 0) is 9.59 Å². The highest BCUT2D eigenvalue weighted by Crippen LogP contribution is 2.26. The van der Waals surface area contributed by atoms with Gasteiger partial charge in [-0.3, -0.25) is 14.5 Å². The maximum Gasteiger partial charge on any atom is 0.313 e. The monoisotopic (exact) mass is 410 g/mol. The fourth-order valence-electron chi connectivity index (χ4n) is 3.64. The van der Waals surface area contributed by atoms with Gasteiger partial charge in [0.15, 0.2) is 0 Å². The highest BCUT2D eigenvalue weighted by molar-refractivity contribution is 6.39. The summed E-state index contributed by atoms with van der Waals surface area (Å²) in [5.74, 6) is -0.630. The predicted octanol–water partition coefficient (Wildman–Crippen LogP) is 2.65. The van der Waals surface area contributed by atoms with Gasteiger partial charge >= 0.3 is 11.8 Å². The van der Waals surface area contributed by atoms with E-state index < -0.39 is 11.8 Å². The van der Waals surface area contributed by atoms with Crippen LogP contribution in [-0.4, -0.2) is 57.6 Å². The van der Waals surface area contributed by atoms with E-state index in [9.17, 15) is 9.59 Å². The number of ether oxygens (including phenoxy) is 1. The Kier molecular flexibility index (Phi) is 7.30. The number of carbonyl (C=O) groups is 2. The zero-order valence-electron chi connectivity index (χ0n) is 17.9. The molecular weight excluding hydrogens is 380 g/mol. The lowest BCUT2D eigenvalue weighted by atomic mass is 10.0. The van der Waals surface area contributed by atoms with Crippen LogP contribution in [0.2, 0.25) is 0 Å². The van der Waals surface area contributed by atoms with Gasteiger partial charge in [0.2, 0.25) is 0 Å². The lowest BCUT2D eigenvalue weighted by Crippen LogP contribution is -2.41. The van der Waals surface area contributed by atoms with Crippen molar-refractivity contribution < 1.29 is 14.3 Å². The van der Waals surface area contributed by atoms with E-state index in [1.165, 1.54) is 0 Å². The minimum absolute atomic E-state index is 0.0430. The van der Waals surface area contributed by atoms with Crippen LogP contribution in [0, 0.1) is 0 Å². The van der Waals surface area contributed by atoms with Gasteiger partial charge in [-0.2, -0.15) is 0 Å². The van der Waals surface area contributed by atoms with Gasteiger partial charge in [0.25, 0.3) is 0 Å². The topological polar surface area (TPSA) is 73.9 Å². The maximum atomic E-state index is 12.4. The summed E-state index contributed by atoms with van der Waals surface area (Å²) >= 11 is 0. The van der Waals surface area contributed by atoms with Gasteiger partial charge in [-0.1, -0.05) is 12.1 Å². The molecule has 2 N–H and O–H groups in total. The third-order valence-electron chi connectivity index (χ3n) is 5.39. The molecule has 2 aromatic carbocycles. The zero-order chi connectivity index (χ0) is 21.5. The minimum atomic E-state index is -0.678. The molecule has 3 rings (SSSR count). The van der Waals surface area contributed by atoms with Gasteiger partial charge < -0.3 is 20.3 Å². The van der Waals surface area contributed by atoms with E-state index in [0.717, 1.165) is 37.2 Å². The fourth-order valence-corrected chi connectivity index (χ4v) is 3.64. The first-order valence-corrected chi connectivity index (χ1v) is 10.2. The standard InChI is InChI=1S/C23H30N4O3/c1-26(2)19-10-6-17(7-11-19)21(27-14-4-5-15-27)16-24-22(28)23(29)25-18-8-12-20(30-3)13-9-18/h6-13,21H,4-5,14-16H2,1-3H3,(H,24,28)(H,25,29)/t21-/m1/s1.